The molecule has 2 aromatic heterocycles. The van der Waals surface area contributed by atoms with Gasteiger partial charge in [-0.1, -0.05) is 42.2 Å². The minimum atomic E-state index is -1.04. The second-order valence-corrected chi connectivity index (χ2v) is 8.88. The molecule has 0 fully saturated rings. The predicted molar refractivity (Wildman–Crippen MR) is 125 cm³/mol. The summed E-state index contributed by atoms with van der Waals surface area (Å²) in [4.78, 5) is 15.5. The van der Waals surface area contributed by atoms with Crippen molar-refractivity contribution in [2.75, 3.05) is 6.61 Å². The standard InChI is InChI=1S/C24H22Cl2N2O5/c1-12(2)23-18(27-24(32-23)15-5-4-14(25)9-17(15)26)6-7-20-16-8-13(3)21(31-11-22(29)30)10-19(16)28-33-20/h4-5,8-10,12H,6-7,11H2,1-3H3,(H,29,30). The number of ether oxygens (including phenoxy) is 1. The average molecular weight is 489 g/mol. The quantitative estimate of drug-likeness (QED) is 0.303. The number of benzene rings is 2. The van der Waals surface area contributed by atoms with Gasteiger partial charge in [-0.2, -0.15) is 0 Å². The van der Waals surface area contributed by atoms with Gasteiger partial charge in [0.1, 0.15) is 22.8 Å². The van der Waals surface area contributed by atoms with Gasteiger partial charge in [0, 0.05) is 35.2 Å². The summed E-state index contributed by atoms with van der Waals surface area (Å²) < 4.78 is 17.0. The molecule has 0 aliphatic rings. The molecule has 172 valence electrons. The maximum absolute atomic E-state index is 10.8. The third kappa shape index (κ3) is 4.99. The number of hydrogen-bond acceptors (Lipinski definition) is 6. The van der Waals surface area contributed by atoms with Crippen LogP contribution in [0.3, 0.4) is 0 Å². The van der Waals surface area contributed by atoms with E-state index >= 15 is 0 Å². The highest BCUT2D eigenvalue weighted by molar-refractivity contribution is 6.36. The Hall–Kier alpha value is -3.03. The van der Waals surface area contributed by atoms with E-state index in [0.29, 0.717) is 51.4 Å². The van der Waals surface area contributed by atoms with Crippen LogP contribution in [0.15, 0.2) is 39.3 Å². The van der Waals surface area contributed by atoms with Gasteiger partial charge in [0.2, 0.25) is 5.89 Å². The highest BCUT2D eigenvalue weighted by atomic mass is 35.5. The highest BCUT2D eigenvalue weighted by Crippen LogP contribution is 2.34. The lowest BCUT2D eigenvalue weighted by Crippen LogP contribution is -2.10. The van der Waals surface area contributed by atoms with Crippen molar-refractivity contribution in [3.63, 3.8) is 0 Å². The lowest BCUT2D eigenvalue weighted by molar-refractivity contribution is -0.139. The summed E-state index contributed by atoms with van der Waals surface area (Å²) >= 11 is 12.4. The Morgan fingerprint density at radius 3 is 2.67 bits per heavy atom. The number of aliphatic carboxylic acids is 1. The minimum Gasteiger partial charge on any atom is -0.482 e. The molecule has 9 heteroatoms. The number of carbonyl (C=O) groups is 1. The largest absolute Gasteiger partial charge is 0.482 e. The zero-order valence-corrected chi connectivity index (χ0v) is 19.8. The molecule has 0 amide bonds. The number of nitrogens with zero attached hydrogens (tertiary/aromatic N) is 2. The van der Waals surface area contributed by atoms with Crippen LogP contribution in [0.4, 0.5) is 0 Å². The summed E-state index contributed by atoms with van der Waals surface area (Å²) in [7, 11) is 0. The molecule has 0 radical (unpaired) electrons. The molecule has 4 aromatic rings. The number of halogens is 2. The number of fused-ring (bicyclic) bond motifs is 1. The van der Waals surface area contributed by atoms with Gasteiger partial charge in [0.15, 0.2) is 6.61 Å². The number of carboxylic acids is 1. The molecule has 0 bridgehead atoms. The van der Waals surface area contributed by atoms with Gasteiger partial charge in [0.25, 0.3) is 0 Å². The fourth-order valence-electron chi connectivity index (χ4n) is 3.61. The monoisotopic (exact) mass is 488 g/mol. The number of aromatic nitrogens is 2. The van der Waals surface area contributed by atoms with E-state index in [1.54, 1.807) is 24.3 Å². The van der Waals surface area contributed by atoms with Gasteiger partial charge < -0.3 is 18.8 Å². The highest BCUT2D eigenvalue weighted by Gasteiger charge is 2.20. The fraction of sp³-hybridized carbons (Fsp3) is 0.292. The van der Waals surface area contributed by atoms with Crippen molar-refractivity contribution in [3.05, 3.63) is 63.2 Å². The summed E-state index contributed by atoms with van der Waals surface area (Å²) in [5.41, 5.74) is 2.92. The molecule has 2 heterocycles. The first-order valence-corrected chi connectivity index (χ1v) is 11.2. The number of oxazole rings is 1. The van der Waals surface area contributed by atoms with Crippen molar-refractivity contribution in [3.8, 4) is 17.2 Å². The predicted octanol–water partition coefficient (Wildman–Crippen LogP) is 6.47. The average Bonchev–Trinajstić information content (AvgIpc) is 3.34. The van der Waals surface area contributed by atoms with Crippen LogP contribution in [0.1, 0.15) is 42.5 Å². The molecule has 0 aliphatic heterocycles. The van der Waals surface area contributed by atoms with Crippen molar-refractivity contribution in [2.24, 2.45) is 0 Å². The molecule has 0 saturated carbocycles. The molecule has 0 saturated heterocycles. The number of aryl methyl sites for hydroxylation is 3. The Labute approximate surface area is 200 Å². The van der Waals surface area contributed by atoms with Gasteiger partial charge in [-0.05, 0) is 36.8 Å². The van der Waals surface area contributed by atoms with Crippen LogP contribution in [-0.4, -0.2) is 27.8 Å². The summed E-state index contributed by atoms with van der Waals surface area (Å²) in [6.45, 7) is 5.53. The zero-order valence-electron chi connectivity index (χ0n) is 18.3. The van der Waals surface area contributed by atoms with E-state index in [9.17, 15) is 4.79 Å². The molecule has 2 aromatic carbocycles. The lowest BCUT2D eigenvalue weighted by Gasteiger charge is -2.06. The molecule has 0 spiro atoms. The maximum atomic E-state index is 10.8. The Bertz CT molecular complexity index is 1330. The number of rotatable bonds is 8. The van der Waals surface area contributed by atoms with E-state index in [1.807, 2.05) is 26.8 Å². The van der Waals surface area contributed by atoms with Crippen LogP contribution in [0.25, 0.3) is 22.4 Å². The van der Waals surface area contributed by atoms with Crippen molar-refractivity contribution < 1.29 is 23.6 Å². The second kappa shape index (κ2) is 9.45. The van der Waals surface area contributed by atoms with Gasteiger partial charge in [-0.3, -0.25) is 0 Å². The second-order valence-electron chi connectivity index (χ2n) is 8.03. The lowest BCUT2D eigenvalue weighted by atomic mass is 10.0. The Morgan fingerprint density at radius 1 is 1.18 bits per heavy atom. The normalized spacial score (nSPS) is 11.5. The summed E-state index contributed by atoms with van der Waals surface area (Å²) in [6.07, 6.45) is 1.15. The van der Waals surface area contributed by atoms with Gasteiger partial charge in [-0.25, -0.2) is 9.78 Å². The van der Waals surface area contributed by atoms with E-state index in [0.717, 1.165) is 22.4 Å². The van der Waals surface area contributed by atoms with Crippen LogP contribution in [0.2, 0.25) is 10.0 Å². The third-order valence-electron chi connectivity index (χ3n) is 5.20. The van der Waals surface area contributed by atoms with E-state index < -0.39 is 12.6 Å². The Morgan fingerprint density at radius 2 is 1.97 bits per heavy atom. The van der Waals surface area contributed by atoms with Gasteiger partial charge in [0.05, 0.1) is 16.3 Å². The van der Waals surface area contributed by atoms with Crippen molar-refractivity contribution in [1.82, 2.24) is 10.1 Å². The van der Waals surface area contributed by atoms with E-state index in [1.165, 1.54) is 0 Å². The Kier molecular flexibility index (Phi) is 6.63. The summed E-state index contributed by atoms with van der Waals surface area (Å²) in [6, 6.07) is 8.79. The van der Waals surface area contributed by atoms with Gasteiger partial charge >= 0.3 is 5.97 Å². The minimum absolute atomic E-state index is 0.134. The molecular formula is C24H22Cl2N2O5. The number of hydrogen-bond donors (Lipinski definition) is 1. The Balaban J connectivity index is 1.59. The molecule has 33 heavy (non-hydrogen) atoms. The van der Waals surface area contributed by atoms with Crippen molar-refractivity contribution in [1.29, 1.82) is 0 Å². The first-order valence-electron chi connectivity index (χ1n) is 10.4. The molecular weight excluding hydrogens is 467 g/mol. The molecule has 7 nitrogen and oxygen atoms in total. The van der Waals surface area contributed by atoms with Crippen LogP contribution in [0, 0.1) is 6.92 Å². The van der Waals surface area contributed by atoms with Crippen LogP contribution >= 0.6 is 23.2 Å². The van der Waals surface area contributed by atoms with Crippen molar-refractivity contribution in [2.45, 2.75) is 39.5 Å². The smallest absolute Gasteiger partial charge is 0.341 e. The van der Waals surface area contributed by atoms with Crippen LogP contribution in [-0.2, 0) is 17.6 Å². The number of carboxylic acid groups (broad SMARTS) is 1. The van der Waals surface area contributed by atoms with Crippen LogP contribution < -0.4 is 4.74 Å². The molecule has 0 unspecified atom stereocenters. The van der Waals surface area contributed by atoms with E-state index in [4.69, 9.17) is 47.0 Å². The molecule has 4 rings (SSSR count). The third-order valence-corrected chi connectivity index (χ3v) is 5.75. The topological polar surface area (TPSA) is 98.6 Å². The van der Waals surface area contributed by atoms with Gasteiger partial charge in [-0.15, -0.1) is 0 Å². The summed E-state index contributed by atoms with van der Waals surface area (Å²) in [5, 5.41) is 14.8. The SMILES string of the molecule is Cc1cc2c(CCc3nc(-c4ccc(Cl)cc4Cl)oc3C(C)C)onc2cc1OCC(=O)O. The van der Waals surface area contributed by atoms with Crippen LogP contribution in [0.5, 0.6) is 5.75 Å². The first-order chi connectivity index (χ1) is 15.7. The maximum Gasteiger partial charge on any atom is 0.341 e. The van der Waals surface area contributed by atoms with E-state index in [-0.39, 0.29) is 5.92 Å². The molecule has 0 atom stereocenters. The van der Waals surface area contributed by atoms with Crippen molar-refractivity contribution >= 4 is 40.1 Å². The van der Waals surface area contributed by atoms with E-state index in [2.05, 4.69) is 5.16 Å². The molecule has 0 aliphatic carbocycles. The summed E-state index contributed by atoms with van der Waals surface area (Å²) in [5.74, 6) is 1.52. The molecule has 1 N–H and O–H groups in total. The fourth-order valence-corrected chi connectivity index (χ4v) is 4.10. The zero-order chi connectivity index (χ0) is 23.7. The first kappa shape index (κ1) is 23.1.